The lowest BCUT2D eigenvalue weighted by molar-refractivity contribution is -0.105. The molecule has 4 heteroatoms. The molecular formula is C14H18O4. The van der Waals surface area contributed by atoms with Crippen molar-refractivity contribution in [1.29, 1.82) is 0 Å². The number of aldehydes is 1. The highest BCUT2D eigenvalue weighted by atomic mass is 16.7. The van der Waals surface area contributed by atoms with Gasteiger partial charge in [-0.2, -0.15) is 0 Å². The predicted molar refractivity (Wildman–Crippen MR) is 67.2 cm³/mol. The second-order valence-corrected chi connectivity index (χ2v) is 4.16. The first-order chi connectivity index (χ1) is 8.83. The monoisotopic (exact) mass is 250 g/mol. The number of rotatable bonds is 5. The first-order valence-corrected chi connectivity index (χ1v) is 6.33. The first-order valence-electron chi connectivity index (χ1n) is 6.33. The quantitative estimate of drug-likeness (QED) is 0.754. The molecule has 0 saturated carbocycles. The topological polar surface area (TPSA) is 44.8 Å². The zero-order chi connectivity index (χ0) is 12.8. The first kappa shape index (κ1) is 12.9. The van der Waals surface area contributed by atoms with Crippen molar-refractivity contribution in [3.05, 3.63) is 23.8 Å². The molecule has 1 fully saturated rings. The van der Waals surface area contributed by atoms with Crippen LogP contribution >= 0.6 is 0 Å². The van der Waals surface area contributed by atoms with Crippen LogP contribution in [0.5, 0.6) is 11.5 Å². The molecule has 0 N–H and O–H groups in total. The van der Waals surface area contributed by atoms with E-state index in [0.717, 1.165) is 32.2 Å². The van der Waals surface area contributed by atoms with Gasteiger partial charge in [0, 0.05) is 12.5 Å². The number of carbonyl (C=O) groups excluding carboxylic acids is 1. The maximum atomic E-state index is 10.9. The molecule has 2 rings (SSSR count). The molecule has 1 unspecified atom stereocenters. The number of hydrogen-bond acceptors (Lipinski definition) is 4. The number of carbonyl (C=O) groups is 1. The predicted octanol–water partition coefficient (Wildman–Crippen LogP) is 2.80. The molecule has 0 bridgehead atoms. The summed E-state index contributed by atoms with van der Waals surface area (Å²) in [6, 6.07) is 5.21. The van der Waals surface area contributed by atoms with E-state index >= 15 is 0 Å². The number of hydrogen-bond donors (Lipinski definition) is 0. The fourth-order valence-electron chi connectivity index (χ4n) is 1.92. The van der Waals surface area contributed by atoms with Gasteiger partial charge in [0.1, 0.15) is 11.5 Å². The lowest BCUT2D eigenvalue weighted by Gasteiger charge is -2.23. The van der Waals surface area contributed by atoms with Crippen molar-refractivity contribution in [2.24, 2.45) is 0 Å². The molecule has 98 valence electrons. The van der Waals surface area contributed by atoms with Gasteiger partial charge < -0.3 is 14.2 Å². The maximum absolute atomic E-state index is 10.9. The Morgan fingerprint density at radius 1 is 1.44 bits per heavy atom. The Kier molecular flexibility index (Phi) is 4.59. The SMILES string of the molecule is CCOc1cc(OC2CCCCO2)ccc1C=O. The van der Waals surface area contributed by atoms with Crippen molar-refractivity contribution in [3.63, 3.8) is 0 Å². The third kappa shape index (κ3) is 3.23. The van der Waals surface area contributed by atoms with Crippen LogP contribution in [0.15, 0.2) is 18.2 Å². The number of benzene rings is 1. The molecule has 18 heavy (non-hydrogen) atoms. The minimum Gasteiger partial charge on any atom is -0.493 e. The Hall–Kier alpha value is -1.55. The van der Waals surface area contributed by atoms with Crippen LogP contribution in [0.1, 0.15) is 36.5 Å². The van der Waals surface area contributed by atoms with Crippen molar-refractivity contribution < 1.29 is 19.0 Å². The van der Waals surface area contributed by atoms with E-state index in [-0.39, 0.29) is 6.29 Å². The number of ether oxygens (including phenoxy) is 3. The molecule has 1 atom stereocenters. The summed E-state index contributed by atoms with van der Waals surface area (Å²) in [4.78, 5) is 10.9. The largest absolute Gasteiger partial charge is 0.493 e. The van der Waals surface area contributed by atoms with E-state index in [9.17, 15) is 4.79 Å². The van der Waals surface area contributed by atoms with Crippen LogP contribution in [0.25, 0.3) is 0 Å². The van der Waals surface area contributed by atoms with Crippen LogP contribution in [0, 0.1) is 0 Å². The zero-order valence-corrected chi connectivity index (χ0v) is 10.6. The van der Waals surface area contributed by atoms with Gasteiger partial charge in [0.2, 0.25) is 0 Å². The summed E-state index contributed by atoms with van der Waals surface area (Å²) in [5, 5.41) is 0. The summed E-state index contributed by atoms with van der Waals surface area (Å²) >= 11 is 0. The van der Waals surface area contributed by atoms with Crippen LogP contribution in [-0.2, 0) is 4.74 Å². The molecule has 0 radical (unpaired) electrons. The van der Waals surface area contributed by atoms with Crippen LogP contribution in [0.3, 0.4) is 0 Å². The average Bonchev–Trinajstić information content (AvgIpc) is 2.41. The summed E-state index contributed by atoms with van der Waals surface area (Å²) in [6.07, 6.45) is 3.71. The minimum absolute atomic E-state index is 0.185. The van der Waals surface area contributed by atoms with E-state index in [2.05, 4.69) is 0 Å². The second-order valence-electron chi connectivity index (χ2n) is 4.16. The highest BCUT2D eigenvalue weighted by Gasteiger charge is 2.16. The fourth-order valence-corrected chi connectivity index (χ4v) is 1.92. The molecule has 1 aliphatic rings. The van der Waals surface area contributed by atoms with Crippen molar-refractivity contribution in [1.82, 2.24) is 0 Å². The van der Waals surface area contributed by atoms with Gasteiger partial charge in [0.25, 0.3) is 0 Å². The Bertz CT molecular complexity index is 397. The molecule has 1 heterocycles. The van der Waals surface area contributed by atoms with E-state index in [1.54, 1.807) is 18.2 Å². The smallest absolute Gasteiger partial charge is 0.199 e. The van der Waals surface area contributed by atoms with Gasteiger partial charge in [-0.3, -0.25) is 4.79 Å². The van der Waals surface area contributed by atoms with Crippen molar-refractivity contribution >= 4 is 6.29 Å². The Morgan fingerprint density at radius 3 is 3.00 bits per heavy atom. The van der Waals surface area contributed by atoms with Gasteiger partial charge in [-0.25, -0.2) is 0 Å². The average molecular weight is 250 g/mol. The summed E-state index contributed by atoms with van der Waals surface area (Å²) in [6.45, 7) is 3.14. The van der Waals surface area contributed by atoms with Crippen LogP contribution < -0.4 is 9.47 Å². The van der Waals surface area contributed by atoms with E-state index in [1.165, 1.54) is 0 Å². The van der Waals surface area contributed by atoms with Gasteiger partial charge in [-0.15, -0.1) is 0 Å². The van der Waals surface area contributed by atoms with Gasteiger partial charge >= 0.3 is 0 Å². The fraction of sp³-hybridized carbons (Fsp3) is 0.500. The van der Waals surface area contributed by atoms with Crippen molar-refractivity contribution in [3.8, 4) is 11.5 Å². The summed E-state index contributed by atoms with van der Waals surface area (Å²) in [5.74, 6) is 1.23. The van der Waals surface area contributed by atoms with Crippen LogP contribution in [0.4, 0.5) is 0 Å². The Labute approximate surface area is 107 Å². The zero-order valence-electron chi connectivity index (χ0n) is 10.6. The molecule has 0 aliphatic carbocycles. The highest BCUT2D eigenvalue weighted by Crippen LogP contribution is 2.26. The standard InChI is InChI=1S/C14H18O4/c1-2-16-13-9-12(7-6-11(13)10-15)18-14-5-3-4-8-17-14/h6-7,9-10,14H,2-5,8H2,1H3. The van der Waals surface area contributed by atoms with E-state index in [4.69, 9.17) is 14.2 Å². The molecule has 0 amide bonds. The molecule has 1 aromatic carbocycles. The summed E-state index contributed by atoms with van der Waals surface area (Å²) in [7, 11) is 0. The van der Waals surface area contributed by atoms with E-state index < -0.39 is 0 Å². The lowest BCUT2D eigenvalue weighted by Crippen LogP contribution is -2.25. The van der Waals surface area contributed by atoms with E-state index in [1.807, 2.05) is 6.92 Å². The molecule has 1 aliphatic heterocycles. The van der Waals surface area contributed by atoms with Gasteiger partial charge in [0.05, 0.1) is 18.8 Å². The molecule has 1 aromatic rings. The Morgan fingerprint density at radius 2 is 2.33 bits per heavy atom. The molecular weight excluding hydrogens is 232 g/mol. The highest BCUT2D eigenvalue weighted by molar-refractivity contribution is 5.79. The van der Waals surface area contributed by atoms with E-state index in [0.29, 0.717) is 23.7 Å². The molecule has 4 nitrogen and oxygen atoms in total. The third-order valence-corrected chi connectivity index (χ3v) is 2.82. The lowest BCUT2D eigenvalue weighted by atomic mass is 10.2. The third-order valence-electron chi connectivity index (χ3n) is 2.82. The summed E-state index contributed by atoms with van der Waals surface area (Å²) in [5.41, 5.74) is 0.536. The maximum Gasteiger partial charge on any atom is 0.199 e. The second kappa shape index (κ2) is 6.40. The van der Waals surface area contributed by atoms with Crippen LogP contribution in [-0.4, -0.2) is 25.8 Å². The van der Waals surface area contributed by atoms with Gasteiger partial charge in [-0.05, 0) is 31.9 Å². The summed E-state index contributed by atoms with van der Waals surface area (Å²) < 4.78 is 16.6. The molecule has 1 saturated heterocycles. The van der Waals surface area contributed by atoms with Crippen molar-refractivity contribution in [2.75, 3.05) is 13.2 Å². The Balaban J connectivity index is 2.07. The van der Waals surface area contributed by atoms with Crippen molar-refractivity contribution in [2.45, 2.75) is 32.5 Å². The van der Waals surface area contributed by atoms with Crippen LogP contribution in [0.2, 0.25) is 0 Å². The molecule has 0 spiro atoms. The van der Waals surface area contributed by atoms with Gasteiger partial charge in [0.15, 0.2) is 12.6 Å². The minimum atomic E-state index is -0.185. The van der Waals surface area contributed by atoms with Gasteiger partial charge in [-0.1, -0.05) is 0 Å². The molecule has 0 aromatic heterocycles. The normalized spacial score (nSPS) is 19.3.